The molecule has 1 N–H and O–H groups in total. The van der Waals surface area contributed by atoms with E-state index in [9.17, 15) is 5.11 Å². The Morgan fingerprint density at radius 2 is 1.44 bits per heavy atom. The van der Waals surface area contributed by atoms with Gasteiger partial charge in [0.15, 0.2) is 0 Å². The fraction of sp³-hybridized carbons (Fsp3) is 0.467. The molecular weight excluding hydrogens is 457 g/mol. The number of nitrogens with zero attached hydrogens (tertiary/aromatic N) is 4. The summed E-state index contributed by atoms with van der Waals surface area (Å²) in [6.45, 7) is 17.4. The minimum absolute atomic E-state index is 0. The quantitative estimate of drug-likeness (QED) is 0.557. The number of aliphatic hydroxyl groups is 1. The largest absolute Gasteiger partial charge is 2.00 e. The Labute approximate surface area is 230 Å². The first kappa shape index (κ1) is 25.5. The standard InChI is InChI=1S/C30H34N4O.Mg/c1-12-14(3)22-10-24-16(5)17(6)28(33-24)26-19(8)30(35)27-18(7)25(34-29(26)27)11-23-15(4)13(2)21(32-23)9-20(12)31-22;/h9-12,16-17,19,28,30,35H,1-8H3;/q-4;+2/b20-9-,24-10-,25-11-;/t12-,16-,17-,19+,28?,30-;/m0./s1. The van der Waals surface area contributed by atoms with Gasteiger partial charge in [-0.15, -0.1) is 27.8 Å². The predicted octanol–water partition coefficient (Wildman–Crippen LogP) is 4.37. The molecule has 2 aromatic heterocycles. The molecule has 5 heterocycles. The van der Waals surface area contributed by atoms with Gasteiger partial charge in [0.05, 0.1) is 6.10 Å². The summed E-state index contributed by atoms with van der Waals surface area (Å²) < 4.78 is 0. The van der Waals surface area contributed by atoms with Crippen LogP contribution in [0.3, 0.4) is 0 Å². The maximum absolute atomic E-state index is 11.3. The minimum Gasteiger partial charge on any atom is -0.681 e. The van der Waals surface area contributed by atoms with Crippen LogP contribution < -0.4 is 20.7 Å². The molecule has 3 aliphatic heterocycles. The van der Waals surface area contributed by atoms with Gasteiger partial charge in [-0.05, 0) is 51.0 Å². The third kappa shape index (κ3) is 3.44. The van der Waals surface area contributed by atoms with Gasteiger partial charge in [-0.1, -0.05) is 79.8 Å². The fourth-order valence-corrected chi connectivity index (χ4v) is 6.25. The van der Waals surface area contributed by atoms with Crippen molar-refractivity contribution in [2.45, 2.75) is 67.5 Å². The molecule has 184 valence electrons. The Kier molecular flexibility index (Phi) is 6.17. The van der Waals surface area contributed by atoms with Crippen LogP contribution in [-0.2, 0) is 0 Å². The first-order chi connectivity index (χ1) is 16.6. The van der Waals surface area contributed by atoms with Gasteiger partial charge in [0, 0.05) is 5.92 Å². The number of aliphatic hydroxyl groups excluding tert-OH is 1. The average Bonchev–Trinajstić information content (AvgIpc) is 3.52. The molecule has 1 fully saturated rings. The topological polar surface area (TPSA) is 76.6 Å². The summed E-state index contributed by atoms with van der Waals surface area (Å²) in [5, 5.41) is 23.5. The van der Waals surface area contributed by atoms with Gasteiger partial charge in [0.2, 0.25) is 0 Å². The molecule has 5 nitrogen and oxygen atoms in total. The van der Waals surface area contributed by atoms with Crippen LogP contribution in [0.4, 0.5) is 0 Å². The molecule has 0 aromatic carbocycles. The SMILES string of the molecule is CC1=C2/C=C3\[N-]C(C4=c5[n-]/c(c(C)c5[C@@H](O)[C@@H]4C)=C\c4[n-]c(c(C)c4C)/C=C(\[N-]2)[C@H]1C)[C@@H](C)[C@@H]3C.[Mg+2]. The molecule has 4 aliphatic rings. The molecule has 0 saturated carbocycles. The van der Waals surface area contributed by atoms with Crippen molar-refractivity contribution in [2.24, 2.45) is 23.7 Å². The van der Waals surface area contributed by atoms with Gasteiger partial charge >= 0.3 is 23.1 Å². The third-order valence-corrected chi connectivity index (χ3v) is 9.33. The zero-order valence-electron chi connectivity index (χ0n) is 22.6. The molecule has 8 bridgehead atoms. The smallest absolute Gasteiger partial charge is 0.681 e. The molecule has 0 radical (unpaired) electrons. The van der Waals surface area contributed by atoms with Crippen LogP contribution in [-0.4, -0.2) is 34.2 Å². The molecule has 6 atom stereocenters. The van der Waals surface area contributed by atoms with E-state index in [1.165, 1.54) is 16.7 Å². The van der Waals surface area contributed by atoms with Crippen molar-refractivity contribution in [3.8, 4) is 0 Å². The van der Waals surface area contributed by atoms with Gasteiger partial charge in [-0.2, -0.15) is 11.4 Å². The van der Waals surface area contributed by atoms with Crippen LogP contribution in [0.1, 0.15) is 74.4 Å². The Bertz CT molecular complexity index is 1480. The zero-order chi connectivity index (χ0) is 24.9. The Balaban J connectivity index is 0.00000267. The van der Waals surface area contributed by atoms with E-state index in [2.05, 4.69) is 73.6 Å². The summed E-state index contributed by atoms with van der Waals surface area (Å²) in [7, 11) is 0. The molecule has 0 spiro atoms. The van der Waals surface area contributed by atoms with Gasteiger partial charge < -0.3 is 25.7 Å². The summed E-state index contributed by atoms with van der Waals surface area (Å²) >= 11 is 0. The summed E-state index contributed by atoms with van der Waals surface area (Å²) in [6, 6.07) is 0.0135. The van der Waals surface area contributed by atoms with Crippen molar-refractivity contribution in [1.29, 1.82) is 0 Å². The number of allylic oxidation sites excluding steroid dienone is 3. The number of fused-ring (bicyclic) bond motifs is 8. The third-order valence-electron chi connectivity index (χ3n) is 9.33. The van der Waals surface area contributed by atoms with Gasteiger partial charge in [0.25, 0.3) is 0 Å². The molecule has 6 rings (SSSR count). The summed E-state index contributed by atoms with van der Waals surface area (Å²) in [5.41, 5.74) is 11.9. The maximum Gasteiger partial charge on any atom is 2.00 e. The second-order valence-electron chi connectivity index (χ2n) is 11.1. The Hall–Kier alpha value is -2.15. The van der Waals surface area contributed by atoms with Crippen LogP contribution in [0, 0.1) is 44.4 Å². The van der Waals surface area contributed by atoms with Crippen molar-refractivity contribution < 1.29 is 5.11 Å². The molecule has 2 aromatic rings. The van der Waals surface area contributed by atoms with Crippen LogP contribution in [0.15, 0.2) is 28.7 Å². The van der Waals surface area contributed by atoms with Gasteiger partial charge in [-0.3, -0.25) is 0 Å². The van der Waals surface area contributed by atoms with Crippen LogP contribution in [0.25, 0.3) is 28.4 Å². The van der Waals surface area contributed by atoms with Crippen molar-refractivity contribution in [3.05, 3.63) is 83.7 Å². The average molecular weight is 491 g/mol. The van der Waals surface area contributed by atoms with E-state index in [0.29, 0.717) is 11.8 Å². The van der Waals surface area contributed by atoms with Gasteiger partial charge in [0.1, 0.15) is 0 Å². The van der Waals surface area contributed by atoms with Crippen molar-refractivity contribution in [1.82, 2.24) is 9.97 Å². The van der Waals surface area contributed by atoms with Gasteiger partial charge in [-0.25, -0.2) is 0 Å². The van der Waals surface area contributed by atoms with Crippen molar-refractivity contribution >= 4 is 40.8 Å². The van der Waals surface area contributed by atoms with E-state index in [4.69, 9.17) is 20.6 Å². The van der Waals surface area contributed by atoms with E-state index in [1.54, 1.807) is 0 Å². The van der Waals surface area contributed by atoms with E-state index in [0.717, 1.165) is 55.9 Å². The zero-order valence-corrected chi connectivity index (χ0v) is 24.1. The summed E-state index contributed by atoms with van der Waals surface area (Å²) in [5.74, 6) is 0.882. The normalized spacial score (nSPS) is 34.2. The second-order valence-corrected chi connectivity index (χ2v) is 11.1. The molecule has 1 saturated heterocycles. The number of hydrogen-bond donors (Lipinski definition) is 1. The minimum atomic E-state index is -0.550. The van der Waals surface area contributed by atoms with Crippen LogP contribution >= 0.6 is 0 Å². The summed E-state index contributed by atoms with van der Waals surface area (Å²) in [6.07, 6.45) is 5.88. The molecule has 1 unspecified atom stereocenters. The monoisotopic (exact) mass is 490 g/mol. The first-order valence-corrected chi connectivity index (χ1v) is 12.9. The fourth-order valence-electron chi connectivity index (χ4n) is 6.25. The van der Waals surface area contributed by atoms with E-state index >= 15 is 0 Å². The van der Waals surface area contributed by atoms with Crippen LogP contribution in [0.2, 0.25) is 0 Å². The maximum atomic E-state index is 11.3. The molecular formula is C30H34MgN4O-2. The van der Waals surface area contributed by atoms with Crippen molar-refractivity contribution in [3.63, 3.8) is 0 Å². The first-order valence-electron chi connectivity index (χ1n) is 12.9. The second kappa shape index (κ2) is 8.71. The van der Waals surface area contributed by atoms with Crippen molar-refractivity contribution in [2.75, 3.05) is 0 Å². The van der Waals surface area contributed by atoms with E-state index < -0.39 is 6.10 Å². The molecule has 6 heteroatoms. The molecule has 0 amide bonds. The molecule has 36 heavy (non-hydrogen) atoms. The Morgan fingerprint density at radius 3 is 2.14 bits per heavy atom. The molecule has 1 aliphatic carbocycles. The Morgan fingerprint density at radius 1 is 0.778 bits per heavy atom. The number of hydrogen-bond acceptors (Lipinski definition) is 1. The van der Waals surface area contributed by atoms with E-state index in [1.807, 2.05) is 0 Å². The van der Waals surface area contributed by atoms with Crippen LogP contribution in [0.5, 0.6) is 0 Å². The summed E-state index contributed by atoms with van der Waals surface area (Å²) in [4.78, 5) is 10.1. The van der Waals surface area contributed by atoms with E-state index in [-0.39, 0.29) is 40.9 Å². The number of aromatic nitrogens is 2. The number of rotatable bonds is 0. The predicted molar refractivity (Wildman–Crippen MR) is 147 cm³/mol.